The van der Waals surface area contributed by atoms with Crippen molar-refractivity contribution in [1.29, 1.82) is 0 Å². The van der Waals surface area contributed by atoms with Gasteiger partial charge >= 0.3 is 0 Å². The molecule has 10 heteroatoms. The summed E-state index contributed by atoms with van der Waals surface area (Å²) in [6, 6.07) is 26.2. The number of halogens is 1. The topological polar surface area (TPSA) is 94.2 Å². The molecule has 0 aliphatic carbocycles. The highest BCUT2D eigenvalue weighted by Crippen LogP contribution is 2.26. The fourth-order valence-corrected chi connectivity index (χ4v) is 5.85. The van der Waals surface area contributed by atoms with Crippen molar-refractivity contribution in [2.75, 3.05) is 68.0 Å². The smallest absolute Gasteiger partial charge is 0.255 e. The first-order valence-electron chi connectivity index (χ1n) is 15.8. The van der Waals surface area contributed by atoms with Crippen molar-refractivity contribution < 1.29 is 23.5 Å². The van der Waals surface area contributed by atoms with Gasteiger partial charge in [-0.05, 0) is 77.9 Å². The van der Waals surface area contributed by atoms with E-state index in [1.165, 1.54) is 18.2 Å². The Morgan fingerprint density at radius 1 is 0.702 bits per heavy atom. The fraction of sp³-hybridized carbons (Fsp3) is 0.270. The summed E-state index contributed by atoms with van der Waals surface area (Å²) in [6.45, 7) is 8.57. The molecule has 4 aromatic rings. The van der Waals surface area contributed by atoms with Crippen LogP contribution in [0, 0.1) is 5.82 Å². The summed E-state index contributed by atoms with van der Waals surface area (Å²) in [5.74, 6) is -0.974. The number of benzene rings is 4. The SMILES string of the molecule is CC(=O)N1CCN(Cc2ccc(NC(=O)c3ccc(-c4cc(C(=O)Nc5ccc(N6CCOCC6)cc5)ccc4F)cc3)cc2)CC1. The predicted molar refractivity (Wildman–Crippen MR) is 181 cm³/mol. The Hall–Kier alpha value is -5.06. The number of ether oxygens (including phenoxy) is 1. The van der Waals surface area contributed by atoms with Crippen molar-refractivity contribution in [3.05, 3.63) is 114 Å². The third-order valence-electron chi connectivity index (χ3n) is 8.62. The van der Waals surface area contributed by atoms with Gasteiger partial charge in [0.15, 0.2) is 0 Å². The Balaban J connectivity index is 1.04. The second-order valence-corrected chi connectivity index (χ2v) is 11.8. The molecule has 2 aliphatic heterocycles. The normalized spacial score (nSPS) is 15.3. The lowest BCUT2D eigenvalue weighted by atomic mass is 10.0. The molecule has 6 rings (SSSR count). The van der Waals surface area contributed by atoms with Gasteiger partial charge in [0.1, 0.15) is 5.82 Å². The summed E-state index contributed by atoms with van der Waals surface area (Å²) >= 11 is 0. The molecule has 47 heavy (non-hydrogen) atoms. The molecule has 0 bridgehead atoms. The van der Waals surface area contributed by atoms with Gasteiger partial charge < -0.3 is 25.2 Å². The number of amides is 3. The molecule has 9 nitrogen and oxygen atoms in total. The molecule has 2 N–H and O–H groups in total. The molecule has 2 fully saturated rings. The number of anilines is 3. The van der Waals surface area contributed by atoms with Gasteiger partial charge in [-0.15, -0.1) is 0 Å². The number of hydrogen-bond donors (Lipinski definition) is 2. The van der Waals surface area contributed by atoms with Crippen LogP contribution in [0.3, 0.4) is 0 Å². The monoisotopic (exact) mass is 635 g/mol. The van der Waals surface area contributed by atoms with Crippen molar-refractivity contribution >= 4 is 34.8 Å². The largest absolute Gasteiger partial charge is 0.378 e. The quantitative estimate of drug-likeness (QED) is 0.266. The van der Waals surface area contributed by atoms with Crippen LogP contribution in [0.1, 0.15) is 33.2 Å². The molecule has 0 spiro atoms. The van der Waals surface area contributed by atoms with Gasteiger partial charge in [-0.1, -0.05) is 24.3 Å². The van der Waals surface area contributed by atoms with Gasteiger partial charge in [0.25, 0.3) is 11.8 Å². The maximum atomic E-state index is 14.9. The molecule has 3 amide bonds. The van der Waals surface area contributed by atoms with Crippen LogP contribution in [0.4, 0.5) is 21.5 Å². The first-order valence-corrected chi connectivity index (χ1v) is 15.8. The molecule has 2 heterocycles. The summed E-state index contributed by atoms with van der Waals surface area (Å²) in [6.07, 6.45) is 0. The van der Waals surface area contributed by atoms with Crippen LogP contribution in [0.5, 0.6) is 0 Å². The molecule has 2 saturated heterocycles. The van der Waals surface area contributed by atoms with E-state index in [9.17, 15) is 18.8 Å². The van der Waals surface area contributed by atoms with Crippen LogP contribution in [0.2, 0.25) is 0 Å². The molecule has 0 unspecified atom stereocenters. The zero-order valence-electron chi connectivity index (χ0n) is 26.4. The molecular weight excluding hydrogens is 597 g/mol. The Kier molecular flexibility index (Phi) is 9.89. The van der Waals surface area contributed by atoms with Crippen LogP contribution in [0.15, 0.2) is 91.0 Å². The number of hydrogen-bond acceptors (Lipinski definition) is 6. The molecule has 4 aromatic carbocycles. The molecule has 0 aromatic heterocycles. The first-order chi connectivity index (χ1) is 22.8. The maximum Gasteiger partial charge on any atom is 0.255 e. The van der Waals surface area contributed by atoms with Crippen LogP contribution < -0.4 is 15.5 Å². The number of rotatable bonds is 8. The average molecular weight is 636 g/mol. The van der Waals surface area contributed by atoms with Gasteiger partial charge in [0, 0.05) is 86.5 Å². The molecule has 0 radical (unpaired) electrons. The van der Waals surface area contributed by atoms with Crippen molar-refractivity contribution in [1.82, 2.24) is 9.80 Å². The van der Waals surface area contributed by atoms with Crippen molar-refractivity contribution in [2.45, 2.75) is 13.5 Å². The number of piperazine rings is 1. The zero-order valence-corrected chi connectivity index (χ0v) is 26.4. The first kappa shape index (κ1) is 31.9. The Labute approximate surface area is 273 Å². The van der Waals surface area contributed by atoms with Crippen LogP contribution >= 0.6 is 0 Å². The van der Waals surface area contributed by atoms with E-state index in [2.05, 4.69) is 20.4 Å². The number of carbonyl (C=O) groups excluding carboxylic acids is 3. The van der Waals surface area contributed by atoms with Gasteiger partial charge in [0.2, 0.25) is 5.91 Å². The fourth-order valence-electron chi connectivity index (χ4n) is 5.85. The predicted octanol–water partition coefficient (Wildman–Crippen LogP) is 5.50. The minimum atomic E-state index is -0.463. The van der Waals surface area contributed by atoms with Gasteiger partial charge in [-0.25, -0.2) is 4.39 Å². The van der Waals surface area contributed by atoms with E-state index in [4.69, 9.17) is 4.74 Å². The van der Waals surface area contributed by atoms with E-state index in [0.717, 1.165) is 57.1 Å². The second-order valence-electron chi connectivity index (χ2n) is 11.8. The lowest BCUT2D eigenvalue weighted by Gasteiger charge is -2.34. The maximum absolute atomic E-state index is 14.9. The van der Waals surface area contributed by atoms with Crippen LogP contribution in [-0.2, 0) is 16.1 Å². The lowest BCUT2D eigenvalue weighted by molar-refractivity contribution is -0.130. The number of morpholine rings is 1. The van der Waals surface area contributed by atoms with E-state index in [1.807, 2.05) is 53.4 Å². The standard InChI is InChI=1S/C37H38FN5O4/c1-26(44)42-18-16-41(17-19-42)25-27-2-9-31(10-3-27)39-36(45)29-6-4-28(5-7-29)34-24-30(8-15-35(34)38)37(46)40-32-11-13-33(14-12-32)43-20-22-47-23-21-43/h2-15,24H,16-23,25H2,1H3,(H,39,45)(H,40,46). The third-order valence-corrected chi connectivity index (χ3v) is 8.62. The van der Waals surface area contributed by atoms with Gasteiger partial charge in [0.05, 0.1) is 13.2 Å². The summed E-state index contributed by atoms with van der Waals surface area (Å²) in [5, 5.41) is 5.81. The Morgan fingerprint density at radius 2 is 1.28 bits per heavy atom. The third kappa shape index (κ3) is 8.03. The number of carbonyl (C=O) groups is 3. The van der Waals surface area contributed by atoms with Crippen LogP contribution in [0.25, 0.3) is 11.1 Å². The minimum Gasteiger partial charge on any atom is -0.378 e. The number of nitrogens with one attached hydrogen (secondary N) is 2. The summed E-state index contributed by atoms with van der Waals surface area (Å²) < 4.78 is 20.3. The highest BCUT2D eigenvalue weighted by atomic mass is 19.1. The molecule has 242 valence electrons. The Morgan fingerprint density at radius 3 is 1.89 bits per heavy atom. The van der Waals surface area contributed by atoms with E-state index in [0.29, 0.717) is 41.3 Å². The zero-order chi connectivity index (χ0) is 32.8. The summed E-state index contributed by atoms with van der Waals surface area (Å²) in [4.78, 5) is 44.0. The lowest BCUT2D eigenvalue weighted by Crippen LogP contribution is -2.47. The highest BCUT2D eigenvalue weighted by molar-refractivity contribution is 6.06. The van der Waals surface area contributed by atoms with Crippen molar-refractivity contribution in [3.8, 4) is 11.1 Å². The molecular formula is C37H38FN5O4. The number of nitrogens with zero attached hydrogens (tertiary/aromatic N) is 3. The molecule has 0 atom stereocenters. The summed E-state index contributed by atoms with van der Waals surface area (Å²) in [7, 11) is 0. The van der Waals surface area contributed by atoms with E-state index >= 15 is 0 Å². The summed E-state index contributed by atoms with van der Waals surface area (Å²) in [5.41, 5.74) is 5.08. The second kappa shape index (κ2) is 14.6. The molecule has 0 saturated carbocycles. The van der Waals surface area contributed by atoms with E-state index in [-0.39, 0.29) is 23.3 Å². The van der Waals surface area contributed by atoms with E-state index < -0.39 is 5.82 Å². The molecule has 2 aliphatic rings. The van der Waals surface area contributed by atoms with Crippen molar-refractivity contribution in [2.24, 2.45) is 0 Å². The minimum absolute atomic E-state index is 0.114. The average Bonchev–Trinajstić information content (AvgIpc) is 3.10. The van der Waals surface area contributed by atoms with Crippen LogP contribution in [-0.4, -0.2) is 80.0 Å². The Bertz CT molecular complexity index is 1710. The van der Waals surface area contributed by atoms with Gasteiger partial charge in [-0.2, -0.15) is 0 Å². The van der Waals surface area contributed by atoms with E-state index in [1.54, 1.807) is 31.2 Å². The van der Waals surface area contributed by atoms with Gasteiger partial charge in [-0.3, -0.25) is 19.3 Å². The van der Waals surface area contributed by atoms with Crippen molar-refractivity contribution in [3.63, 3.8) is 0 Å². The highest BCUT2D eigenvalue weighted by Gasteiger charge is 2.19.